The van der Waals surface area contributed by atoms with Gasteiger partial charge in [0.15, 0.2) is 0 Å². The zero-order valence-corrected chi connectivity index (χ0v) is 12.2. The molecule has 4 heteroatoms. The first kappa shape index (κ1) is 14.3. The van der Waals surface area contributed by atoms with Crippen molar-refractivity contribution in [1.29, 1.82) is 0 Å². The van der Waals surface area contributed by atoms with E-state index in [-0.39, 0.29) is 0 Å². The van der Waals surface area contributed by atoms with Crippen LogP contribution < -0.4 is 10.1 Å². The van der Waals surface area contributed by atoms with Crippen LogP contribution in [0.4, 0.5) is 0 Å². The normalized spacial score (nSPS) is 20.1. The third-order valence-corrected chi connectivity index (χ3v) is 3.60. The first-order chi connectivity index (χ1) is 9.17. The van der Waals surface area contributed by atoms with Crippen molar-refractivity contribution in [3.8, 4) is 5.88 Å². The van der Waals surface area contributed by atoms with E-state index in [9.17, 15) is 0 Å². The Morgan fingerprint density at radius 1 is 1.53 bits per heavy atom. The van der Waals surface area contributed by atoms with Crippen molar-refractivity contribution in [2.75, 3.05) is 26.7 Å². The number of rotatable bonds is 6. The van der Waals surface area contributed by atoms with E-state index < -0.39 is 0 Å². The van der Waals surface area contributed by atoms with E-state index in [0.29, 0.717) is 11.9 Å². The summed E-state index contributed by atoms with van der Waals surface area (Å²) >= 11 is 0. The monoisotopic (exact) mass is 263 g/mol. The average Bonchev–Trinajstić information content (AvgIpc) is 2.84. The molecular formula is C15H25N3O. The number of hydrogen-bond donors (Lipinski definition) is 1. The molecule has 0 saturated carbocycles. The van der Waals surface area contributed by atoms with Crippen molar-refractivity contribution in [2.24, 2.45) is 5.92 Å². The van der Waals surface area contributed by atoms with Crippen LogP contribution in [0.15, 0.2) is 18.3 Å². The van der Waals surface area contributed by atoms with Gasteiger partial charge in [-0.2, -0.15) is 0 Å². The number of aromatic nitrogens is 1. The van der Waals surface area contributed by atoms with Gasteiger partial charge in [-0.3, -0.25) is 4.90 Å². The second-order valence-electron chi connectivity index (χ2n) is 5.66. The molecule has 0 bridgehead atoms. The van der Waals surface area contributed by atoms with Crippen LogP contribution in [-0.2, 0) is 6.54 Å². The Kier molecular flexibility index (Phi) is 5.16. The Labute approximate surface area is 116 Å². The molecule has 0 amide bonds. The first-order valence-corrected chi connectivity index (χ1v) is 7.12. The highest BCUT2D eigenvalue weighted by molar-refractivity contribution is 5.20. The smallest absolute Gasteiger partial charge is 0.213 e. The van der Waals surface area contributed by atoms with Gasteiger partial charge < -0.3 is 10.1 Å². The minimum atomic E-state index is 0.582. The van der Waals surface area contributed by atoms with Crippen LogP contribution >= 0.6 is 0 Å². The van der Waals surface area contributed by atoms with Crippen LogP contribution in [0.1, 0.15) is 25.8 Å². The van der Waals surface area contributed by atoms with Gasteiger partial charge in [0, 0.05) is 31.4 Å². The molecule has 106 valence electrons. The topological polar surface area (TPSA) is 37.4 Å². The van der Waals surface area contributed by atoms with Crippen molar-refractivity contribution >= 4 is 0 Å². The van der Waals surface area contributed by atoms with E-state index in [4.69, 9.17) is 4.74 Å². The Hall–Kier alpha value is -1.13. The second-order valence-corrected chi connectivity index (χ2v) is 5.66. The summed E-state index contributed by atoms with van der Waals surface area (Å²) in [4.78, 5) is 6.66. The van der Waals surface area contributed by atoms with Crippen LogP contribution in [0, 0.1) is 5.92 Å². The van der Waals surface area contributed by atoms with E-state index in [1.807, 2.05) is 12.3 Å². The fourth-order valence-electron chi connectivity index (χ4n) is 2.54. The number of hydrogen-bond acceptors (Lipinski definition) is 4. The molecule has 1 fully saturated rings. The van der Waals surface area contributed by atoms with Crippen LogP contribution in [-0.4, -0.2) is 42.7 Å². The molecule has 1 N–H and O–H groups in total. The summed E-state index contributed by atoms with van der Waals surface area (Å²) in [6.45, 7) is 8.91. The second kappa shape index (κ2) is 6.87. The first-order valence-electron chi connectivity index (χ1n) is 7.12. The van der Waals surface area contributed by atoms with Gasteiger partial charge in [-0.15, -0.1) is 0 Å². The zero-order chi connectivity index (χ0) is 13.7. The Bertz CT molecular complexity index is 395. The van der Waals surface area contributed by atoms with Gasteiger partial charge in [-0.25, -0.2) is 4.98 Å². The summed E-state index contributed by atoms with van der Waals surface area (Å²) in [5.74, 6) is 1.49. The molecule has 0 spiro atoms. The van der Waals surface area contributed by atoms with E-state index in [0.717, 1.165) is 19.0 Å². The van der Waals surface area contributed by atoms with Crippen LogP contribution in [0.3, 0.4) is 0 Å². The van der Waals surface area contributed by atoms with E-state index >= 15 is 0 Å². The van der Waals surface area contributed by atoms with Gasteiger partial charge in [0.05, 0.1) is 7.11 Å². The molecule has 0 aromatic carbocycles. The van der Waals surface area contributed by atoms with Crippen LogP contribution in [0.25, 0.3) is 0 Å². The van der Waals surface area contributed by atoms with Crippen molar-refractivity contribution in [3.05, 3.63) is 23.9 Å². The number of nitrogens with one attached hydrogen (secondary N) is 1. The molecule has 1 aliphatic heterocycles. The fraction of sp³-hybridized carbons (Fsp3) is 0.667. The molecule has 1 unspecified atom stereocenters. The van der Waals surface area contributed by atoms with Gasteiger partial charge in [0.1, 0.15) is 0 Å². The molecule has 1 saturated heterocycles. The lowest BCUT2D eigenvalue weighted by Gasteiger charge is -2.17. The Morgan fingerprint density at radius 2 is 2.37 bits per heavy atom. The SMILES string of the molecule is COc1cc(CN2CCC(CNC(C)C)C2)ccn1. The number of nitrogens with zero attached hydrogens (tertiary/aromatic N) is 2. The van der Waals surface area contributed by atoms with Crippen molar-refractivity contribution in [1.82, 2.24) is 15.2 Å². The molecule has 1 atom stereocenters. The highest BCUT2D eigenvalue weighted by Gasteiger charge is 2.22. The average molecular weight is 263 g/mol. The summed E-state index contributed by atoms with van der Waals surface area (Å²) in [6, 6.07) is 4.68. The highest BCUT2D eigenvalue weighted by atomic mass is 16.5. The third kappa shape index (κ3) is 4.48. The number of ether oxygens (including phenoxy) is 1. The molecule has 4 nitrogen and oxygen atoms in total. The standard InChI is InChI=1S/C15H25N3O/c1-12(2)17-9-14-5-7-18(11-14)10-13-4-6-16-15(8-13)19-3/h4,6,8,12,14,17H,5,7,9-11H2,1-3H3. The van der Waals surface area contributed by atoms with Crippen molar-refractivity contribution < 1.29 is 4.74 Å². The van der Waals surface area contributed by atoms with E-state index in [2.05, 4.69) is 35.1 Å². The third-order valence-electron chi connectivity index (χ3n) is 3.60. The predicted molar refractivity (Wildman–Crippen MR) is 77.3 cm³/mol. The molecule has 1 aliphatic rings. The lowest BCUT2D eigenvalue weighted by Crippen LogP contribution is -2.30. The highest BCUT2D eigenvalue weighted by Crippen LogP contribution is 2.19. The Balaban J connectivity index is 1.81. The molecule has 1 aromatic heterocycles. The zero-order valence-electron chi connectivity index (χ0n) is 12.2. The maximum absolute atomic E-state index is 5.17. The summed E-state index contributed by atoms with van der Waals surface area (Å²) in [5, 5.41) is 3.53. The quantitative estimate of drug-likeness (QED) is 0.851. The Morgan fingerprint density at radius 3 is 3.11 bits per heavy atom. The number of pyridine rings is 1. The minimum absolute atomic E-state index is 0.582. The summed E-state index contributed by atoms with van der Waals surface area (Å²) in [5.41, 5.74) is 1.28. The van der Waals surface area contributed by atoms with E-state index in [1.54, 1.807) is 7.11 Å². The van der Waals surface area contributed by atoms with E-state index in [1.165, 1.54) is 25.1 Å². The molecule has 19 heavy (non-hydrogen) atoms. The lowest BCUT2D eigenvalue weighted by atomic mass is 10.1. The lowest BCUT2D eigenvalue weighted by molar-refractivity contribution is 0.311. The fourth-order valence-corrected chi connectivity index (χ4v) is 2.54. The van der Waals surface area contributed by atoms with Gasteiger partial charge in [0.2, 0.25) is 5.88 Å². The van der Waals surface area contributed by atoms with Gasteiger partial charge in [-0.1, -0.05) is 13.8 Å². The largest absolute Gasteiger partial charge is 0.481 e. The number of methoxy groups -OCH3 is 1. The number of likely N-dealkylation sites (tertiary alicyclic amines) is 1. The molecule has 0 aliphatic carbocycles. The maximum Gasteiger partial charge on any atom is 0.213 e. The van der Waals surface area contributed by atoms with Crippen LogP contribution in [0.5, 0.6) is 5.88 Å². The van der Waals surface area contributed by atoms with Gasteiger partial charge >= 0.3 is 0 Å². The summed E-state index contributed by atoms with van der Waals surface area (Å²) in [7, 11) is 1.66. The summed E-state index contributed by atoms with van der Waals surface area (Å²) < 4.78 is 5.17. The van der Waals surface area contributed by atoms with Crippen LogP contribution in [0.2, 0.25) is 0 Å². The molecular weight excluding hydrogens is 238 g/mol. The molecule has 2 rings (SSSR count). The predicted octanol–water partition coefficient (Wildman–Crippen LogP) is 1.91. The van der Waals surface area contributed by atoms with Crippen molar-refractivity contribution in [2.45, 2.75) is 32.9 Å². The molecule has 0 radical (unpaired) electrons. The van der Waals surface area contributed by atoms with Crippen molar-refractivity contribution in [3.63, 3.8) is 0 Å². The molecule has 1 aromatic rings. The maximum atomic E-state index is 5.17. The summed E-state index contributed by atoms with van der Waals surface area (Å²) in [6.07, 6.45) is 3.12. The molecule has 2 heterocycles. The minimum Gasteiger partial charge on any atom is -0.481 e. The van der Waals surface area contributed by atoms with Gasteiger partial charge in [0.25, 0.3) is 0 Å². The van der Waals surface area contributed by atoms with Gasteiger partial charge in [-0.05, 0) is 37.1 Å².